The third kappa shape index (κ3) is 3.43. The van der Waals surface area contributed by atoms with Crippen LogP contribution < -0.4 is 10.1 Å². The Morgan fingerprint density at radius 2 is 2.29 bits per heavy atom. The van der Waals surface area contributed by atoms with Gasteiger partial charge in [-0.3, -0.25) is 0 Å². The van der Waals surface area contributed by atoms with E-state index >= 15 is 0 Å². The lowest BCUT2D eigenvalue weighted by atomic mass is 10.2. The second-order valence-electron chi connectivity index (χ2n) is 4.61. The lowest BCUT2D eigenvalue weighted by molar-refractivity contribution is 0.174. The average Bonchev–Trinajstić information content (AvgIpc) is 2.74. The average molecular weight is 237 g/mol. The number of hydrogen-bond donors (Lipinski definition) is 1. The molecule has 3 heteroatoms. The van der Waals surface area contributed by atoms with E-state index in [1.54, 1.807) is 6.07 Å². The molecular formula is C14H20FNO. The molecule has 0 radical (unpaired) electrons. The normalized spacial score (nSPS) is 23.9. The Hall–Kier alpha value is -1.09. The molecule has 1 aliphatic carbocycles. The molecule has 0 amide bonds. The van der Waals surface area contributed by atoms with Gasteiger partial charge in [0.05, 0.1) is 0 Å². The van der Waals surface area contributed by atoms with Gasteiger partial charge in [0.25, 0.3) is 0 Å². The molecule has 1 aliphatic rings. The summed E-state index contributed by atoms with van der Waals surface area (Å²) in [6, 6.07) is 6.81. The van der Waals surface area contributed by atoms with E-state index in [2.05, 4.69) is 12.2 Å². The maximum absolute atomic E-state index is 13.0. The van der Waals surface area contributed by atoms with Gasteiger partial charge in [-0.1, -0.05) is 13.0 Å². The first-order chi connectivity index (χ1) is 8.29. The predicted molar refractivity (Wildman–Crippen MR) is 66.7 cm³/mol. The second-order valence-corrected chi connectivity index (χ2v) is 4.61. The van der Waals surface area contributed by atoms with Gasteiger partial charge < -0.3 is 10.1 Å². The second kappa shape index (κ2) is 6.01. The van der Waals surface area contributed by atoms with E-state index in [0.29, 0.717) is 11.8 Å². The lowest BCUT2D eigenvalue weighted by Crippen LogP contribution is -2.39. The molecule has 0 saturated heterocycles. The van der Waals surface area contributed by atoms with Crippen molar-refractivity contribution in [2.45, 2.75) is 44.8 Å². The molecule has 0 bridgehead atoms. The first-order valence-electron chi connectivity index (χ1n) is 6.45. The molecule has 0 aliphatic heterocycles. The Bertz CT molecular complexity index is 356. The number of rotatable bonds is 5. The molecule has 2 atom stereocenters. The zero-order valence-corrected chi connectivity index (χ0v) is 10.3. The Morgan fingerprint density at radius 3 is 3.06 bits per heavy atom. The van der Waals surface area contributed by atoms with Crippen LogP contribution in [-0.2, 0) is 0 Å². The summed E-state index contributed by atoms with van der Waals surface area (Å²) in [4.78, 5) is 0. The van der Waals surface area contributed by atoms with Gasteiger partial charge in [0.15, 0.2) is 0 Å². The van der Waals surface area contributed by atoms with Crippen molar-refractivity contribution in [3.05, 3.63) is 30.1 Å². The lowest BCUT2D eigenvalue weighted by Gasteiger charge is -2.22. The van der Waals surface area contributed by atoms with Crippen LogP contribution >= 0.6 is 0 Å². The molecule has 1 aromatic rings. The summed E-state index contributed by atoms with van der Waals surface area (Å²) in [5, 5.41) is 3.50. The first kappa shape index (κ1) is 12.4. The molecule has 2 unspecified atom stereocenters. The number of benzene rings is 1. The fraction of sp³-hybridized carbons (Fsp3) is 0.571. The standard InChI is InChI=1S/C14H20FNO/c1-2-9-16-13-7-4-8-14(13)17-12-6-3-5-11(15)10-12/h3,5-6,10,13-14,16H,2,4,7-9H2,1H3. The highest BCUT2D eigenvalue weighted by Gasteiger charge is 2.28. The Kier molecular flexibility index (Phi) is 4.37. The quantitative estimate of drug-likeness (QED) is 0.849. The summed E-state index contributed by atoms with van der Waals surface area (Å²) in [6.45, 7) is 3.18. The summed E-state index contributed by atoms with van der Waals surface area (Å²) in [5.74, 6) is 0.402. The topological polar surface area (TPSA) is 21.3 Å². The van der Waals surface area contributed by atoms with E-state index in [9.17, 15) is 4.39 Å². The van der Waals surface area contributed by atoms with Gasteiger partial charge in [0, 0.05) is 12.1 Å². The molecule has 0 heterocycles. The molecule has 2 rings (SSSR count). The molecule has 0 spiro atoms. The van der Waals surface area contributed by atoms with Gasteiger partial charge in [0.1, 0.15) is 17.7 Å². The molecule has 1 N–H and O–H groups in total. The summed E-state index contributed by atoms with van der Waals surface area (Å²) >= 11 is 0. The number of ether oxygens (including phenoxy) is 1. The van der Waals surface area contributed by atoms with E-state index < -0.39 is 0 Å². The minimum Gasteiger partial charge on any atom is -0.489 e. The van der Waals surface area contributed by atoms with Gasteiger partial charge in [-0.15, -0.1) is 0 Å². The fourth-order valence-corrected chi connectivity index (χ4v) is 2.35. The molecule has 94 valence electrons. The fourth-order valence-electron chi connectivity index (χ4n) is 2.35. The smallest absolute Gasteiger partial charge is 0.126 e. The number of hydrogen-bond acceptors (Lipinski definition) is 2. The monoisotopic (exact) mass is 237 g/mol. The van der Waals surface area contributed by atoms with E-state index in [-0.39, 0.29) is 11.9 Å². The highest BCUT2D eigenvalue weighted by molar-refractivity contribution is 5.23. The van der Waals surface area contributed by atoms with Crippen molar-refractivity contribution in [3.8, 4) is 5.75 Å². The van der Waals surface area contributed by atoms with Crippen molar-refractivity contribution in [1.82, 2.24) is 5.32 Å². The predicted octanol–water partition coefficient (Wildman–Crippen LogP) is 3.13. The van der Waals surface area contributed by atoms with Crippen molar-refractivity contribution in [2.75, 3.05) is 6.54 Å². The summed E-state index contributed by atoms with van der Waals surface area (Å²) in [7, 11) is 0. The minimum atomic E-state index is -0.237. The van der Waals surface area contributed by atoms with Crippen molar-refractivity contribution >= 4 is 0 Å². The molecule has 2 nitrogen and oxygen atoms in total. The number of nitrogens with one attached hydrogen (secondary N) is 1. The SMILES string of the molecule is CCCNC1CCCC1Oc1cccc(F)c1. The summed E-state index contributed by atoms with van der Waals surface area (Å²) in [5.41, 5.74) is 0. The third-order valence-corrected chi connectivity index (χ3v) is 3.19. The number of halogens is 1. The maximum atomic E-state index is 13.0. The zero-order chi connectivity index (χ0) is 12.1. The van der Waals surface area contributed by atoms with Gasteiger partial charge in [0.2, 0.25) is 0 Å². The van der Waals surface area contributed by atoms with Crippen LogP contribution in [0.1, 0.15) is 32.6 Å². The summed E-state index contributed by atoms with van der Waals surface area (Å²) in [6.07, 6.45) is 4.70. The van der Waals surface area contributed by atoms with Crippen molar-refractivity contribution in [3.63, 3.8) is 0 Å². The van der Waals surface area contributed by atoms with Gasteiger partial charge in [-0.25, -0.2) is 4.39 Å². The Morgan fingerprint density at radius 1 is 1.41 bits per heavy atom. The highest BCUT2D eigenvalue weighted by atomic mass is 19.1. The molecule has 1 fully saturated rings. The van der Waals surface area contributed by atoms with Crippen molar-refractivity contribution in [1.29, 1.82) is 0 Å². The van der Waals surface area contributed by atoms with Gasteiger partial charge >= 0.3 is 0 Å². The zero-order valence-electron chi connectivity index (χ0n) is 10.3. The largest absolute Gasteiger partial charge is 0.489 e. The molecule has 1 aromatic carbocycles. The van der Waals surface area contributed by atoms with E-state index in [1.807, 2.05) is 6.07 Å². The van der Waals surface area contributed by atoms with E-state index in [4.69, 9.17) is 4.74 Å². The first-order valence-corrected chi connectivity index (χ1v) is 6.45. The van der Waals surface area contributed by atoms with Crippen molar-refractivity contribution < 1.29 is 9.13 Å². The van der Waals surface area contributed by atoms with Gasteiger partial charge in [-0.05, 0) is 44.4 Å². The van der Waals surface area contributed by atoms with E-state index in [1.165, 1.54) is 18.6 Å². The Labute approximate surface area is 102 Å². The van der Waals surface area contributed by atoms with Crippen LogP contribution in [0.2, 0.25) is 0 Å². The minimum absolute atomic E-state index is 0.184. The molecule has 1 saturated carbocycles. The van der Waals surface area contributed by atoms with Crippen molar-refractivity contribution in [2.24, 2.45) is 0 Å². The van der Waals surface area contributed by atoms with Crippen LogP contribution in [0.15, 0.2) is 24.3 Å². The van der Waals surface area contributed by atoms with Crippen LogP contribution in [0.4, 0.5) is 4.39 Å². The van der Waals surface area contributed by atoms with Gasteiger partial charge in [-0.2, -0.15) is 0 Å². The van der Waals surface area contributed by atoms with Crippen LogP contribution in [0.3, 0.4) is 0 Å². The van der Waals surface area contributed by atoms with Crippen LogP contribution in [0.5, 0.6) is 5.75 Å². The van der Waals surface area contributed by atoms with Crippen LogP contribution in [0.25, 0.3) is 0 Å². The summed E-state index contributed by atoms with van der Waals surface area (Å²) < 4.78 is 18.9. The van der Waals surface area contributed by atoms with Crippen LogP contribution in [0, 0.1) is 5.82 Å². The Balaban J connectivity index is 1.93. The highest BCUT2D eigenvalue weighted by Crippen LogP contribution is 2.25. The van der Waals surface area contributed by atoms with Crippen LogP contribution in [-0.4, -0.2) is 18.7 Å². The molecule has 17 heavy (non-hydrogen) atoms. The third-order valence-electron chi connectivity index (χ3n) is 3.19. The molecular weight excluding hydrogens is 217 g/mol. The maximum Gasteiger partial charge on any atom is 0.126 e. The molecule has 0 aromatic heterocycles. The van der Waals surface area contributed by atoms with E-state index in [0.717, 1.165) is 25.8 Å².